The number of hydrogen-bond donors (Lipinski definition) is 1. The molecule has 0 bridgehead atoms. The summed E-state index contributed by atoms with van der Waals surface area (Å²) in [6, 6.07) is 15.1. The number of nitrogens with one attached hydrogen (secondary N) is 1. The normalized spacial score (nSPS) is 14.6. The molecule has 2 amide bonds. The second kappa shape index (κ2) is 11.5. The number of carbonyl (C=O) groups is 2. The molecule has 11 heteroatoms. The summed E-state index contributed by atoms with van der Waals surface area (Å²) in [5.41, 5.74) is 2.38. The zero-order valence-corrected chi connectivity index (χ0v) is 22.7. The van der Waals surface area contributed by atoms with Crippen molar-refractivity contribution in [1.82, 2.24) is 0 Å². The van der Waals surface area contributed by atoms with Crippen LogP contribution < -0.4 is 19.7 Å². The van der Waals surface area contributed by atoms with Gasteiger partial charge in [-0.1, -0.05) is 48.2 Å². The van der Waals surface area contributed by atoms with Crippen molar-refractivity contribution in [2.24, 2.45) is 0 Å². The first kappa shape index (κ1) is 28.2. The number of rotatable bonds is 7. The second-order valence-corrected chi connectivity index (χ2v) is 10.3. The van der Waals surface area contributed by atoms with Crippen molar-refractivity contribution in [1.29, 1.82) is 0 Å². The Balaban J connectivity index is 1.47. The Kier molecular flexibility index (Phi) is 8.31. The van der Waals surface area contributed by atoms with Crippen LogP contribution in [-0.4, -0.2) is 29.9 Å². The fraction of sp³-hybridized carbons (Fsp3) is 0.179. The Hall–Kier alpha value is -3.83. The Morgan fingerprint density at radius 1 is 1.08 bits per heavy atom. The summed E-state index contributed by atoms with van der Waals surface area (Å²) in [5, 5.41) is 2.82. The number of amides is 2. The van der Waals surface area contributed by atoms with Gasteiger partial charge in [0.1, 0.15) is 0 Å². The van der Waals surface area contributed by atoms with Gasteiger partial charge in [-0.15, -0.1) is 0 Å². The lowest BCUT2D eigenvalue weighted by Crippen LogP contribution is -2.27. The zero-order chi connectivity index (χ0) is 28.3. The van der Waals surface area contributed by atoms with Gasteiger partial charge in [0.15, 0.2) is 22.4 Å². The Labute approximate surface area is 232 Å². The summed E-state index contributed by atoms with van der Waals surface area (Å²) < 4.78 is 50.6. The lowest BCUT2D eigenvalue weighted by atomic mass is 10.1. The molecular weight excluding hydrogens is 549 g/mol. The van der Waals surface area contributed by atoms with Crippen LogP contribution in [0.2, 0.25) is 0 Å². The van der Waals surface area contributed by atoms with Crippen molar-refractivity contribution in [3.63, 3.8) is 0 Å². The molecular formula is C28H23F3N2O4S2. The summed E-state index contributed by atoms with van der Waals surface area (Å²) >= 11 is 6.27. The maximum atomic E-state index is 13.1. The van der Waals surface area contributed by atoms with E-state index >= 15 is 0 Å². The third-order valence-electron chi connectivity index (χ3n) is 5.74. The van der Waals surface area contributed by atoms with E-state index in [0.29, 0.717) is 22.7 Å². The first-order chi connectivity index (χ1) is 18.5. The molecule has 3 aromatic carbocycles. The van der Waals surface area contributed by atoms with Gasteiger partial charge in [-0.3, -0.25) is 14.5 Å². The van der Waals surface area contributed by atoms with Gasteiger partial charge in [0.25, 0.3) is 11.8 Å². The highest BCUT2D eigenvalue weighted by Crippen LogP contribution is 2.39. The molecule has 1 aliphatic rings. The van der Waals surface area contributed by atoms with E-state index in [1.807, 2.05) is 32.0 Å². The molecule has 0 spiro atoms. The van der Waals surface area contributed by atoms with Crippen molar-refractivity contribution >= 4 is 57.6 Å². The van der Waals surface area contributed by atoms with Gasteiger partial charge in [0, 0.05) is 5.69 Å². The zero-order valence-electron chi connectivity index (χ0n) is 21.1. The minimum absolute atomic E-state index is 0.0381. The second-order valence-electron chi connectivity index (χ2n) is 8.63. The topological polar surface area (TPSA) is 67.9 Å². The van der Waals surface area contributed by atoms with Crippen molar-refractivity contribution in [3.8, 4) is 11.5 Å². The number of aryl methyl sites for hydroxylation is 2. The average Bonchev–Trinajstić information content (AvgIpc) is 3.17. The van der Waals surface area contributed by atoms with Crippen LogP contribution in [0.1, 0.15) is 22.3 Å². The number of methoxy groups -OCH3 is 1. The van der Waals surface area contributed by atoms with Crippen molar-refractivity contribution < 1.29 is 32.2 Å². The van der Waals surface area contributed by atoms with E-state index in [-0.39, 0.29) is 27.4 Å². The third kappa shape index (κ3) is 6.61. The smallest absolute Gasteiger partial charge is 0.416 e. The first-order valence-electron chi connectivity index (χ1n) is 11.6. The van der Waals surface area contributed by atoms with Gasteiger partial charge in [-0.2, -0.15) is 13.2 Å². The average molecular weight is 573 g/mol. The molecule has 1 heterocycles. The van der Waals surface area contributed by atoms with E-state index in [0.717, 1.165) is 39.9 Å². The number of ether oxygens (including phenoxy) is 2. The van der Waals surface area contributed by atoms with Crippen LogP contribution in [-0.2, 0) is 15.8 Å². The highest BCUT2D eigenvalue weighted by atomic mass is 32.2. The monoisotopic (exact) mass is 572 g/mol. The molecule has 4 rings (SSSR count). The highest BCUT2D eigenvalue weighted by Gasteiger charge is 2.36. The number of benzene rings is 3. The number of thioether (sulfide) groups is 1. The molecule has 1 saturated heterocycles. The summed E-state index contributed by atoms with van der Waals surface area (Å²) in [5.74, 6) is -0.223. The third-order valence-corrected chi connectivity index (χ3v) is 7.04. The van der Waals surface area contributed by atoms with Gasteiger partial charge in [-0.05, 0) is 73.0 Å². The van der Waals surface area contributed by atoms with Gasteiger partial charge < -0.3 is 14.8 Å². The SMILES string of the molecule is COc1cc(/C=C2\SC(=S)N(c3cccc(C(F)(F)F)c3)C2=O)ccc1OCC(=O)Nc1cc(C)ccc1C. The quantitative estimate of drug-likeness (QED) is 0.250. The Morgan fingerprint density at radius 2 is 1.85 bits per heavy atom. The van der Waals surface area contributed by atoms with Crippen molar-refractivity contribution in [3.05, 3.63) is 87.8 Å². The van der Waals surface area contributed by atoms with Crippen LogP contribution in [0.4, 0.5) is 24.5 Å². The van der Waals surface area contributed by atoms with Gasteiger partial charge >= 0.3 is 6.18 Å². The van der Waals surface area contributed by atoms with Gasteiger partial charge in [0.2, 0.25) is 0 Å². The highest BCUT2D eigenvalue weighted by molar-refractivity contribution is 8.27. The molecule has 3 aromatic rings. The molecule has 1 N–H and O–H groups in total. The first-order valence-corrected chi connectivity index (χ1v) is 12.8. The summed E-state index contributed by atoms with van der Waals surface area (Å²) in [4.78, 5) is 26.8. The van der Waals surface area contributed by atoms with Crippen LogP contribution in [0, 0.1) is 13.8 Å². The van der Waals surface area contributed by atoms with E-state index in [1.165, 1.54) is 19.2 Å². The van der Waals surface area contributed by atoms with Crippen molar-refractivity contribution in [2.45, 2.75) is 20.0 Å². The van der Waals surface area contributed by atoms with Gasteiger partial charge in [0.05, 0.1) is 23.3 Å². The Morgan fingerprint density at radius 3 is 2.56 bits per heavy atom. The van der Waals surface area contributed by atoms with E-state index in [1.54, 1.807) is 24.3 Å². The Bertz CT molecular complexity index is 1490. The summed E-state index contributed by atoms with van der Waals surface area (Å²) in [6.45, 7) is 3.57. The molecule has 0 radical (unpaired) electrons. The maximum Gasteiger partial charge on any atom is 0.416 e. The predicted octanol–water partition coefficient (Wildman–Crippen LogP) is 6.75. The minimum atomic E-state index is -4.55. The fourth-order valence-electron chi connectivity index (χ4n) is 3.76. The number of halogens is 3. The summed E-state index contributed by atoms with van der Waals surface area (Å²) in [7, 11) is 1.44. The molecule has 39 heavy (non-hydrogen) atoms. The summed E-state index contributed by atoms with van der Waals surface area (Å²) in [6.07, 6.45) is -2.99. The molecule has 0 atom stereocenters. The van der Waals surface area contributed by atoms with E-state index in [4.69, 9.17) is 21.7 Å². The van der Waals surface area contributed by atoms with Crippen LogP contribution in [0.15, 0.2) is 65.6 Å². The van der Waals surface area contributed by atoms with E-state index in [9.17, 15) is 22.8 Å². The van der Waals surface area contributed by atoms with E-state index < -0.39 is 17.6 Å². The van der Waals surface area contributed by atoms with Crippen LogP contribution in [0.5, 0.6) is 11.5 Å². The molecule has 202 valence electrons. The van der Waals surface area contributed by atoms with Crippen molar-refractivity contribution in [2.75, 3.05) is 23.9 Å². The molecule has 1 aliphatic heterocycles. The lowest BCUT2D eigenvalue weighted by molar-refractivity contribution is -0.137. The fourth-order valence-corrected chi connectivity index (χ4v) is 5.06. The maximum absolute atomic E-state index is 13.1. The van der Waals surface area contributed by atoms with Gasteiger partial charge in [-0.25, -0.2) is 0 Å². The molecule has 6 nitrogen and oxygen atoms in total. The molecule has 0 unspecified atom stereocenters. The van der Waals surface area contributed by atoms with Crippen LogP contribution >= 0.6 is 24.0 Å². The lowest BCUT2D eigenvalue weighted by Gasteiger charge is -2.16. The predicted molar refractivity (Wildman–Crippen MR) is 150 cm³/mol. The number of anilines is 2. The van der Waals surface area contributed by atoms with Crippen LogP contribution in [0.3, 0.4) is 0 Å². The molecule has 0 aromatic heterocycles. The molecule has 0 saturated carbocycles. The number of carbonyl (C=O) groups excluding carboxylic acids is 2. The molecule has 1 fully saturated rings. The number of hydrogen-bond acceptors (Lipinski definition) is 6. The number of nitrogens with zero attached hydrogens (tertiary/aromatic N) is 1. The molecule has 0 aliphatic carbocycles. The number of thiocarbonyl (C=S) groups is 1. The number of alkyl halides is 3. The minimum Gasteiger partial charge on any atom is -0.493 e. The standard InChI is InChI=1S/C28H23F3N2O4S2/c1-16-7-8-17(2)21(11-16)32-25(34)15-37-22-10-9-18(12-23(22)36-3)13-24-26(35)33(27(38)39-24)20-6-4-5-19(14-20)28(29,30)31/h4-14H,15H2,1-3H3,(H,32,34)/b24-13-. The largest absolute Gasteiger partial charge is 0.493 e. The van der Waals surface area contributed by atoms with E-state index in [2.05, 4.69) is 5.32 Å². The van der Waals surface area contributed by atoms with Crippen LogP contribution in [0.25, 0.3) is 6.08 Å².